The van der Waals surface area contributed by atoms with Gasteiger partial charge in [-0.15, -0.1) is 0 Å². The van der Waals surface area contributed by atoms with Crippen molar-refractivity contribution in [1.82, 2.24) is 5.01 Å². The summed E-state index contributed by atoms with van der Waals surface area (Å²) in [5.41, 5.74) is 2.52. The summed E-state index contributed by atoms with van der Waals surface area (Å²) in [4.78, 5) is 10.6. The van der Waals surface area contributed by atoms with Crippen LogP contribution in [-0.4, -0.2) is 11.4 Å². The van der Waals surface area contributed by atoms with E-state index in [9.17, 15) is 4.79 Å². The third-order valence-electron chi connectivity index (χ3n) is 2.82. The number of fused-ring (bicyclic) bond motifs is 1. The van der Waals surface area contributed by atoms with Crippen LogP contribution in [0.1, 0.15) is 30.0 Å². The van der Waals surface area contributed by atoms with E-state index in [0.717, 1.165) is 19.3 Å². The fraction of sp³-hybridized carbons (Fsp3) is 0.364. The van der Waals surface area contributed by atoms with Crippen molar-refractivity contribution < 1.29 is 4.79 Å². The topological polar surface area (TPSA) is 46.3 Å². The number of carbonyl (C=O) groups excluding carboxylic acids is 1. The van der Waals surface area contributed by atoms with Gasteiger partial charge in [0.05, 0.1) is 6.04 Å². The molecule has 0 fully saturated rings. The molecule has 3 heteroatoms. The van der Waals surface area contributed by atoms with Crippen LogP contribution in [0.2, 0.25) is 0 Å². The van der Waals surface area contributed by atoms with Crippen LogP contribution in [0, 0.1) is 0 Å². The minimum Gasteiger partial charge on any atom is -0.277 e. The molecule has 2 rings (SSSR count). The van der Waals surface area contributed by atoms with E-state index >= 15 is 0 Å². The highest BCUT2D eigenvalue weighted by atomic mass is 16.1. The molecule has 0 aliphatic heterocycles. The van der Waals surface area contributed by atoms with E-state index in [2.05, 4.69) is 12.1 Å². The molecular formula is C11H14N2O. The van der Waals surface area contributed by atoms with Crippen LogP contribution in [0.5, 0.6) is 0 Å². The summed E-state index contributed by atoms with van der Waals surface area (Å²) in [6.45, 7) is 0. The average Bonchev–Trinajstić information content (AvgIpc) is 2.27. The number of hydrogen-bond acceptors (Lipinski definition) is 2. The molecule has 1 aromatic carbocycles. The van der Waals surface area contributed by atoms with Crippen LogP contribution in [0.4, 0.5) is 0 Å². The second kappa shape index (κ2) is 3.80. The van der Waals surface area contributed by atoms with Crippen LogP contribution in [0.25, 0.3) is 0 Å². The first-order chi connectivity index (χ1) is 6.83. The zero-order chi connectivity index (χ0) is 9.97. The Labute approximate surface area is 83.5 Å². The quantitative estimate of drug-likeness (QED) is 0.331. The molecule has 3 nitrogen and oxygen atoms in total. The Balaban J connectivity index is 2.35. The number of carbonyl (C=O) groups is 1. The van der Waals surface area contributed by atoms with Crippen molar-refractivity contribution in [2.24, 2.45) is 5.84 Å². The van der Waals surface area contributed by atoms with Crippen LogP contribution in [0.3, 0.4) is 0 Å². The molecule has 1 aromatic rings. The number of nitrogens with two attached hydrogens (primary N) is 1. The molecule has 0 heterocycles. The maximum atomic E-state index is 10.6. The summed E-state index contributed by atoms with van der Waals surface area (Å²) in [6, 6.07) is 8.26. The number of hydrazine groups is 1. The van der Waals surface area contributed by atoms with Crippen molar-refractivity contribution in [1.29, 1.82) is 0 Å². The Morgan fingerprint density at radius 1 is 1.43 bits per heavy atom. The Morgan fingerprint density at radius 3 is 3.00 bits per heavy atom. The molecule has 0 spiro atoms. The van der Waals surface area contributed by atoms with Crippen molar-refractivity contribution in [2.45, 2.75) is 25.3 Å². The highest BCUT2D eigenvalue weighted by molar-refractivity contribution is 5.48. The van der Waals surface area contributed by atoms with Gasteiger partial charge in [-0.05, 0) is 30.4 Å². The molecule has 74 valence electrons. The third-order valence-corrected chi connectivity index (χ3v) is 2.82. The first-order valence-electron chi connectivity index (χ1n) is 4.89. The van der Waals surface area contributed by atoms with Gasteiger partial charge in [0, 0.05) is 0 Å². The van der Waals surface area contributed by atoms with Gasteiger partial charge in [0.1, 0.15) is 0 Å². The zero-order valence-corrected chi connectivity index (χ0v) is 8.02. The lowest BCUT2D eigenvalue weighted by molar-refractivity contribution is -0.120. The Hall–Kier alpha value is -1.35. The first kappa shape index (κ1) is 9.21. The largest absolute Gasteiger partial charge is 0.277 e. The van der Waals surface area contributed by atoms with E-state index in [1.54, 1.807) is 0 Å². The molecule has 0 radical (unpaired) electrons. The van der Waals surface area contributed by atoms with Gasteiger partial charge in [-0.2, -0.15) is 0 Å². The summed E-state index contributed by atoms with van der Waals surface area (Å²) in [5, 5.41) is 1.28. The van der Waals surface area contributed by atoms with Crippen LogP contribution in [-0.2, 0) is 11.2 Å². The lowest BCUT2D eigenvalue weighted by Crippen LogP contribution is -2.35. The summed E-state index contributed by atoms with van der Waals surface area (Å²) in [5.74, 6) is 5.63. The smallest absolute Gasteiger partial charge is 0.224 e. The highest BCUT2D eigenvalue weighted by Crippen LogP contribution is 2.31. The van der Waals surface area contributed by atoms with Gasteiger partial charge in [0.2, 0.25) is 6.41 Å². The lowest BCUT2D eigenvalue weighted by Gasteiger charge is -2.30. The van der Waals surface area contributed by atoms with Crippen molar-refractivity contribution in [3.8, 4) is 0 Å². The fourth-order valence-corrected chi connectivity index (χ4v) is 2.11. The van der Waals surface area contributed by atoms with Crippen molar-refractivity contribution in [2.75, 3.05) is 0 Å². The Bertz CT molecular complexity index is 338. The predicted molar refractivity (Wildman–Crippen MR) is 54.2 cm³/mol. The molecule has 2 N–H and O–H groups in total. The van der Waals surface area contributed by atoms with E-state index in [-0.39, 0.29) is 6.04 Å². The fourth-order valence-electron chi connectivity index (χ4n) is 2.11. The van der Waals surface area contributed by atoms with Gasteiger partial charge in [0.25, 0.3) is 0 Å². The summed E-state index contributed by atoms with van der Waals surface area (Å²) in [7, 11) is 0. The molecule has 0 bridgehead atoms. The Kier molecular flexibility index (Phi) is 2.50. The van der Waals surface area contributed by atoms with E-state index in [4.69, 9.17) is 5.84 Å². The number of amides is 1. The summed E-state index contributed by atoms with van der Waals surface area (Å²) < 4.78 is 0. The number of rotatable bonds is 2. The molecule has 0 saturated heterocycles. The molecule has 1 aliphatic carbocycles. The second-order valence-corrected chi connectivity index (χ2v) is 3.66. The molecule has 0 unspecified atom stereocenters. The standard InChI is InChI=1S/C11H14N2O/c12-13(8-14)11-7-3-5-9-4-1-2-6-10(9)11/h1-2,4,6,8,11H,3,5,7,12H2/t11-/m1/s1. The number of aryl methyl sites for hydroxylation is 1. The second-order valence-electron chi connectivity index (χ2n) is 3.66. The molecule has 0 aromatic heterocycles. The van der Waals surface area contributed by atoms with E-state index in [0.29, 0.717) is 6.41 Å². The SMILES string of the molecule is NN(C=O)[C@@H]1CCCc2ccccc21. The number of nitrogens with zero attached hydrogens (tertiary/aromatic N) is 1. The van der Waals surface area contributed by atoms with E-state index < -0.39 is 0 Å². The average molecular weight is 190 g/mol. The normalized spacial score (nSPS) is 19.9. The van der Waals surface area contributed by atoms with Gasteiger partial charge in [0.15, 0.2) is 0 Å². The summed E-state index contributed by atoms with van der Waals surface area (Å²) in [6.07, 6.45) is 3.86. The van der Waals surface area contributed by atoms with Gasteiger partial charge in [-0.3, -0.25) is 9.80 Å². The molecule has 0 saturated carbocycles. The highest BCUT2D eigenvalue weighted by Gasteiger charge is 2.22. The van der Waals surface area contributed by atoms with Crippen molar-refractivity contribution in [3.63, 3.8) is 0 Å². The van der Waals surface area contributed by atoms with Crippen LogP contribution in [0.15, 0.2) is 24.3 Å². The minimum absolute atomic E-state index is 0.0671. The third kappa shape index (κ3) is 1.51. The minimum atomic E-state index is 0.0671. The number of hydrogen-bond donors (Lipinski definition) is 1. The van der Waals surface area contributed by atoms with Gasteiger partial charge in [-0.1, -0.05) is 24.3 Å². The maximum Gasteiger partial charge on any atom is 0.224 e. The zero-order valence-electron chi connectivity index (χ0n) is 8.02. The van der Waals surface area contributed by atoms with E-state index in [1.807, 2.05) is 12.1 Å². The van der Waals surface area contributed by atoms with E-state index in [1.165, 1.54) is 16.1 Å². The molecule has 1 atom stereocenters. The first-order valence-corrected chi connectivity index (χ1v) is 4.89. The van der Waals surface area contributed by atoms with Crippen molar-refractivity contribution >= 4 is 6.41 Å². The molecule has 14 heavy (non-hydrogen) atoms. The summed E-state index contributed by atoms with van der Waals surface area (Å²) >= 11 is 0. The van der Waals surface area contributed by atoms with Gasteiger partial charge in [-0.25, -0.2) is 5.84 Å². The monoisotopic (exact) mass is 190 g/mol. The molecular weight excluding hydrogens is 176 g/mol. The predicted octanol–water partition coefficient (Wildman–Crippen LogP) is 1.40. The maximum absolute atomic E-state index is 10.6. The van der Waals surface area contributed by atoms with Gasteiger partial charge < -0.3 is 0 Å². The lowest BCUT2D eigenvalue weighted by atomic mass is 9.87. The number of benzene rings is 1. The van der Waals surface area contributed by atoms with Crippen LogP contribution >= 0.6 is 0 Å². The van der Waals surface area contributed by atoms with Crippen LogP contribution < -0.4 is 5.84 Å². The van der Waals surface area contributed by atoms with Crippen molar-refractivity contribution in [3.05, 3.63) is 35.4 Å². The van der Waals surface area contributed by atoms with Gasteiger partial charge >= 0.3 is 0 Å². The molecule has 1 aliphatic rings. The Morgan fingerprint density at radius 2 is 2.21 bits per heavy atom. The molecule has 1 amide bonds.